The molecule has 0 aromatic carbocycles. The first kappa shape index (κ1) is 13.1. The molecule has 1 aliphatic carbocycles. The molecule has 0 aromatic heterocycles. The third-order valence-corrected chi connectivity index (χ3v) is 1.77. The third-order valence-electron chi connectivity index (χ3n) is 1.77. The van der Waals surface area contributed by atoms with Crippen molar-refractivity contribution in [1.82, 2.24) is 0 Å². The fourth-order valence-corrected chi connectivity index (χ4v) is 1.13. The molecular weight excluding hydrogens is 549 g/mol. The first-order valence-electron chi connectivity index (χ1n) is 3.47. The monoisotopic (exact) mass is 561 g/mol. The van der Waals surface area contributed by atoms with Crippen LogP contribution >= 0.6 is 38.7 Å². The number of nitrogens with one attached hydrogen (secondary N) is 2. The molecule has 1 fully saturated rings. The summed E-state index contributed by atoms with van der Waals surface area (Å²) < 4.78 is 0. The van der Waals surface area contributed by atoms with Gasteiger partial charge in [-0.1, -0.05) is 25.7 Å². The smallest absolute Gasteiger partial charge is 0.0548 e. The van der Waals surface area contributed by atoms with Gasteiger partial charge in [0.1, 0.15) is 0 Å². The summed E-state index contributed by atoms with van der Waals surface area (Å²) in [5.74, 6) is 0. The number of hydrogen-bond donors (Lipinski definition) is 0. The Kier molecular flexibility index (Phi) is 10.3. The zero-order chi connectivity index (χ0) is 8.69. The molecule has 1 rings (SSSR count). The maximum absolute atomic E-state index is 7.29. The minimum absolute atomic E-state index is 0.0799. The number of hydrogen-bond acceptors (Lipinski definition) is 0. The molecular formula is C6H12I2N2Pt. The topological polar surface area (TPSA) is 47.6 Å². The molecule has 0 saturated heterocycles. The van der Waals surface area contributed by atoms with Crippen LogP contribution in [0.5, 0.6) is 0 Å². The van der Waals surface area contributed by atoms with E-state index in [1.165, 1.54) is 12.8 Å². The Morgan fingerprint density at radius 2 is 1.27 bits per heavy atom. The van der Waals surface area contributed by atoms with E-state index >= 15 is 0 Å². The van der Waals surface area contributed by atoms with Gasteiger partial charge in [0, 0.05) is 0 Å². The molecule has 11 heavy (non-hydrogen) atoms. The second-order valence-electron chi connectivity index (χ2n) is 2.54. The maximum Gasteiger partial charge on any atom is -0.0548 e. The molecule has 2 N–H and O–H groups in total. The van der Waals surface area contributed by atoms with Gasteiger partial charge in [-0.05, 0) is 0 Å². The SMILES string of the molecule is [I][Pt+2][I].[NH-]C1CCCC[C@H]1[NH-]. The molecule has 0 aromatic rings. The average Bonchev–Trinajstić information content (AvgIpc) is 1.97. The predicted molar refractivity (Wildman–Crippen MR) is 62.7 cm³/mol. The summed E-state index contributed by atoms with van der Waals surface area (Å²) in [6, 6.07) is -0.160. The van der Waals surface area contributed by atoms with Crippen molar-refractivity contribution in [3.8, 4) is 0 Å². The van der Waals surface area contributed by atoms with Crippen LogP contribution in [0.2, 0.25) is 0 Å². The summed E-state index contributed by atoms with van der Waals surface area (Å²) in [6.07, 6.45) is 4.25. The van der Waals surface area contributed by atoms with Crippen LogP contribution in [-0.2, 0) is 11.2 Å². The molecule has 2 atom stereocenters. The van der Waals surface area contributed by atoms with Gasteiger partial charge >= 0.3 is 49.9 Å². The van der Waals surface area contributed by atoms with Gasteiger partial charge in [0.2, 0.25) is 0 Å². The van der Waals surface area contributed by atoms with Crippen molar-refractivity contribution in [3.05, 3.63) is 11.5 Å². The standard InChI is InChI=1S/C6H12N2.2HI.Pt/c7-5-3-1-2-4-6(5)8;;;/h5-8H,1-4H2;2*1H;/q-2;;;+4/p-2/t5-,6?;;;/m1.../s1. The van der Waals surface area contributed by atoms with Crippen molar-refractivity contribution in [1.29, 1.82) is 0 Å². The van der Waals surface area contributed by atoms with Gasteiger partial charge in [0.05, 0.1) is 0 Å². The molecule has 1 aliphatic rings. The summed E-state index contributed by atoms with van der Waals surface area (Å²) >= 11 is 5.30. The van der Waals surface area contributed by atoms with Gasteiger partial charge in [-0.2, -0.15) is 12.1 Å². The third kappa shape index (κ3) is 7.16. The van der Waals surface area contributed by atoms with Gasteiger partial charge in [-0.3, -0.25) is 0 Å². The van der Waals surface area contributed by atoms with Crippen LogP contribution < -0.4 is 0 Å². The van der Waals surface area contributed by atoms with E-state index < -0.39 is 0 Å². The summed E-state index contributed by atoms with van der Waals surface area (Å²) in [7, 11) is 0. The largest absolute Gasteiger partial charge is 0.676 e. The van der Waals surface area contributed by atoms with E-state index in [1.54, 1.807) is 0 Å². The minimum atomic E-state index is -0.0799. The molecule has 1 saturated carbocycles. The molecule has 0 spiro atoms. The average molecular weight is 561 g/mol. The Bertz CT molecular complexity index is 84.7. The molecule has 0 bridgehead atoms. The van der Waals surface area contributed by atoms with Crippen molar-refractivity contribution >= 4 is 38.7 Å². The molecule has 0 heterocycles. The summed E-state index contributed by atoms with van der Waals surface area (Å²) in [5.41, 5.74) is 14.6. The van der Waals surface area contributed by atoms with Crippen molar-refractivity contribution in [2.75, 3.05) is 0 Å². The normalized spacial score (nSPS) is 30.9. The summed E-state index contributed by atoms with van der Waals surface area (Å²) in [5, 5.41) is 0. The van der Waals surface area contributed by atoms with Crippen molar-refractivity contribution < 1.29 is 11.2 Å². The molecule has 2 nitrogen and oxygen atoms in total. The first-order chi connectivity index (χ1) is 5.22. The van der Waals surface area contributed by atoms with Gasteiger partial charge in [0.25, 0.3) is 0 Å². The van der Waals surface area contributed by atoms with Crippen LogP contribution in [-0.4, -0.2) is 12.1 Å². The van der Waals surface area contributed by atoms with Crippen molar-refractivity contribution in [3.63, 3.8) is 0 Å². The number of rotatable bonds is 0. The van der Waals surface area contributed by atoms with Crippen LogP contribution in [0.4, 0.5) is 0 Å². The number of halogens is 2. The summed E-state index contributed by atoms with van der Waals surface area (Å²) in [4.78, 5) is 0. The second-order valence-corrected chi connectivity index (χ2v) is 19.1. The van der Waals surface area contributed by atoms with E-state index in [0.29, 0.717) is 11.2 Å². The van der Waals surface area contributed by atoms with E-state index in [9.17, 15) is 0 Å². The molecule has 5 heteroatoms. The van der Waals surface area contributed by atoms with Gasteiger partial charge in [-0.25, -0.2) is 0 Å². The van der Waals surface area contributed by atoms with Crippen molar-refractivity contribution in [2.45, 2.75) is 37.8 Å². The van der Waals surface area contributed by atoms with Crippen LogP contribution in [0.15, 0.2) is 0 Å². The quantitative estimate of drug-likeness (QED) is 0.399. The second kappa shape index (κ2) is 8.66. The van der Waals surface area contributed by atoms with Crippen LogP contribution in [0.3, 0.4) is 0 Å². The minimum Gasteiger partial charge on any atom is -0.676 e. The van der Waals surface area contributed by atoms with E-state index in [2.05, 4.69) is 38.7 Å². The fourth-order valence-electron chi connectivity index (χ4n) is 1.13. The first-order valence-corrected chi connectivity index (χ1v) is 16.4. The zero-order valence-corrected chi connectivity index (χ0v) is 12.6. The Hall–Kier alpha value is 2.07. The predicted octanol–water partition coefficient (Wildman–Crippen LogP) is 4.17. The van der Waals surface area contributed by atoms with Crippen LogP contribution in [0.1, 0.15) is 25.7 Å². The van der Waals surface area contributed by atoms with Crippen LogP contribution in [0.25, 0.3) is 11.5 Å². The molecule has 0 amide bonds. The summed E-state index contributed by atoms with van der Waals surface area (Å²) in [6.45, 7) is 0. The van der Waals surface area contributed by atoms with Crippen molar-refractivity contribution in [2.24, 2.45) is 0 Å². The van der Waals surface area contributed by atoms with E-state index in [4.69, 9.17) is 11.5 Å². The molecule has 0 aliphatic heterocycles. The Morgan fingerprint density at radius 3 is 1.45 bits per heavy atom. The zero-order valence-electron chi connectivity index (χ0n) is 6.06. The van der Waals surface area contributed by atoms with Gasteiger partial charge in [0.15, 0.2) is 0 Å². The Balaban J connectivity index is 0.000000292. The van der Waals surface area contributed by atoms with E-state index in [1.807, 2.05) is 0 Å². The fraction of sp³-hybridized carbons (Fsp3) is 1.00. The Labute approximate surface area is 97.8 Å². The Morgan fingerprint density at radius 1 is 1.00 bits per heavy atom. The molecule has 1 unspecified atom stereocenters. The molecule has 70 valence electrons. The maximum atomic E-state index is 7.29. The van der Waals surface area contributed by atoms with Gasteiger partial charge < -0.3 is 11.5 Å². The van der Waals surface area contributed by atoms with E-state index in [-0.39, 0.29) is 12.1 Å². The van der Waals surface area contributed by atoms with E-state index in [0.717, 1.165) is 12.8 Å². The molecule has 0 radical (unpaired) electrons. The van der Waals surface area contributed by atoms with Crippen LogP contribution in [0, 0.1) is 0 Å². The van der Waals surface area contributed by atoms with Gasteiger partial charge in [-0.15, -0.1) is 0 Å².